The smallest absolute Gasteiger partial charge is 0.309 e. The third kappa shape index (κ3) is 8.16. The van der Waals surface area contributed by atoms with Gasteiger partial charge in [0.15, 0.2) is 18.5 Å². The van der Waals surface area contributed by atoms with Crippen molar-refractivity contribution in [2.75, 3.05) is 19.8 Å². The Morgan fingerprint density at radius 1 is 1.02 bits per heavy atom. The fourth-order valence-electron chi connectivity index (χ4n) is 5.46. The molecule has 2 heterocycles. The highest BCUT2D eigenvalue weighted by Gasteiger charge is 2.57. The molecule has 1 saturated carbocycles. The normalized spacial score (nSPS) is 34.6. The van der Waals surface area contributed by atoms with Gasteiger partial charge in [0.25, 0.3) is 0 Å². The second kappa shape index (κ2) is 13.9. The van der Waals surface area contributed by atoms with Crippen molar-refractivity contribution in [2.45, 2.75) is 96.5 Å². The molecule has 3 N–H and O–H groups in total. The van der Waals surface area contributed by atoms with Crippen molar-refractivity contribution in [1.82, 2.24) is 0 Å². The van der Waals surface area contributed by atoms with Crippen LogP contribution in [0.2, 0.25) is 0 Å². The SMILES string of the molecule is CC(=O)OCC1(O)CCC2C(COC3OC(CO)C(O)C(OC(C)=O)C3OC(C)=O)=COC(OC(=O)CC(C)C)C21. The maximum Gasteiger partial charge on any atom is 0.309 e. The van der Waals surface area contributed by atoms with E-state index in [-0.39, 0.29) is 32.0 Å². The molecule has 0 bridgehead atoms. The average molecular weight is 589 g/mol. The summed E-state index contributed by atoms with van der Waals surface area (Å²) in [5.41, 5.74) is -1.03. The molecule has 0 spiro atoms. The number of carbonyl (C=O) groups excluding carboxylic acids is 4. The van der Waals surface area contributed by atoms with E-state index in [1.165, 1.54) is 13.2 Å². The molecule has 1 saturated heterocycles. The van der Waals surface area contributed by atoms with Crippen molar-refractivity contribution in [1.29, 1.82) is 0 Å². The summed E-state index contributed by atoms with van der Waals surface area (Å²) in [5, 5.41) is 31.8. The molecule has 0 amide bonds. The van der Waals surface area contributed by atoms with Crippen LogP contribution in [0.4, 0.5) is 0 Å². The van der Waals surface area contributed by atoms with Crippen molar-refractivity contribution < 1.29 is 67.7 Å². The van der Waals surface area contributed by atoms with Crippen LogP contribution in [0.3, 0.4) is 0 Å². The van der Waals surface area contributed by atoms with E-state index in [0.717, 1.165) is 13.8 Å². The number of rotatable bonds is 11. The Hall–Kier alpha value is -2.78. The van der Waals surface area contributed by atoms with Gasteiger partial charge in [-0.25, -0.2) is 0 Å². The third-order valence-corrected chi connectivity index (χ3v) is 7.23. The summed E-state index contributed by atoms with van der Waals surface area (Å²) in [4.78, 5) is 47.5. The van der Waals surface area contributed by atoms with Gasteiger partial charge >= 0.3 is 23.9 Å². The van der Waals surface area contributed by atoms with Crippen molar-refractivity contribution in [2.24, 2.45) is 17.8 Å². The third-order valence-electron chi connectivity index (χ3n) is 7.23. The lowest BCUT2D eigenvalue weighted by Crippen LogP contribution is -2.61. The monoisotopic (exact) mass is 588 g/mol. The lowest BCUT2D eigenvalue weighted by Gasteiger charge is -2.43. The van der Waals surface area contributed by atoms with Crippen LogP contribution in [0.5, 0.6) is 0 Å². The number of aliphatic hydroxyl groups is 3. The molecule has 41 heavy (non-hydrogen) atoms. The minimum absolute atomic E-state index is 0.0302. The largest absolute Gasteiger partial charge is 0.463 e. The van der Waals surface area contributed by atoms with Gasteiger partial charge in [-0.2, -0.15) is 0 Å². The Labute approximate surface area is 237 Å². The summed E-state index contributed by atoms with van der Waals surface area (Å²) in [7, 11) is 0. The van der Waals surface area contributed by atoms with E-state index in [1.54, 1.807) is 0 Å². The van der Waals surface area contributed by atoms with E-state index in [1.807, 2.05) is 13.8 Å². The zero-order valence-electron chi connectivity index (χ0n) is 23.8. The summed E-state index contributed by atoms with van der Waals surface area (Å²) < 4.78 is 38.5. The molecular formula is C27H40O14. The number of esters is 4. The van der Waals surface area contributed by atoms with E-state index in [9.17, 15) is 34.5 Å². The minimum Gasteiger partial charge on any atom is -0.463 e. The predicted octanol–water partition coefficient (Wildman–Crippen LogP) is 0.0944. The van der Waals surface area contributed by atoms with Gasteiger partial charge in [-0.3, -0.25) is 19.2 Å². The molecule has 0 aromatic carbocycles. The summed E-state index contributed by atoms with van der Waals surface area (Å²) in [6, 6.07) is 0. The first-order valence-electron chi connectivity index (χ1n) is 13.6. The first-order valence-corrected chi connectivity index (χ1v) is 13.6. The molecule has 3 aliphatic rings. The topological polar surface area (TPSA) is 194 Å². The summed E-state index contributed by atoms with van der Waals surface area (Å²) in [6.45, 7) is 6.00. The minimum atomic E-state index is -1.56. The predicted molar refractivity (Wildman–Crippen MR) is 135 cm³/mol. The second-order valence-electron chi connectivity index (χ2n) is 11.0. The number of aliphatic hydroxyl groups excluding tert-OH is 2. The van der Waals surface area contributed by atoms with Gasteiger partial charge in [-0.15, -0.1) is 0 Å². The maximum absolute atomic E-state index is 12.5. The highest BCUT2D eigenvalue weighted by atomic mass is 16.7. The van der Waals surface area contributed by atoms with Crippen LogP contribution >= 0.6 is 0 Å². The standard InChI is InChI=1S/C27H40O14/c1-13(2)8-20(32)41-25-21-18(6-7-27(21,34)12-37-14(3)29)17(10-35-25)11-36-26-24(39-16(5)31)23(38-15(4)30)22(33)19(9-28)40-26/h10,13,18-19,21-26,28,33-34H,6-9,11-12H2,1-5H3. The van der Waals surface area contributed by atoms with Crippen LogP contribution in [0.25, 0.3) is 0 Å². The van der Waals surface area contributed by atoms with E-state index < -0.39 is 84.9 Å². The average Bonchev–Trinajstić information content (AvgIpc) is 3.22. The van der Waals surface area contributed by atoms with Crippen LogP contribution in [-0.4, -0.2) is 102 Å². The first-order chi connectivity index (χ1) is 19.2. The first kappa shape index (κ1) is 32.7. The molecule has 0 radical (unpaired) electrons. The Morgan fingerprint density at radius 2 is 1.68 bits per heavy atom. The van der Waals surface area contributed by atoms with Gasteiger partial charge in [0.1, 0.15) is 24.4 Å². The molecule has 2 aliphatic heterocycles. The van der Waals surface area contributed by atoms with E-state index in [2.05, 4.69) is 0 Å². The summed E-state index contributed by atoms with van der Waals surface area (Å²) in [5.74, 6) is -3.81. The van der Waals surface area contributed by atoms with Gasteiger partial charge in [0.2, 0.25) is 6.29 Å². The van der Waals surface area contributed by atoms with Crippen LogP contribution in [0.1, 0.15) is 53.9 Å². The molecule has 0 aromatic heterocycles. The van der Waals surface area contributed by atoms with Gasteiger partial charge in [-0.1, -0.05) is 13.8 Å². The number of carbonyl (C=O) groups is 4. The molecule has 14 heteroatoms. The van der Waals surface area contributed by atoms with Crippen LogP contribution in [0.15, 0.2) is 11.8 Å². The molecule has 232 valence electrons. The lowest BCUT2D eigenvalue weighted by atomic mass is 9.81. The van der Waals surface area contributed by atoms with E-state index in [0.29, 0.717) is 12.0 Å². The highest BCUT2D eigenvalue weighted by Crippen LogP contribution is 2.49. The van der Waals surface area contributed by atoms with Crippen molar-refractivity contribution in [3.8, 4) is 0 Å². The summed E-state index contributed by atoms with van der Waals surface area (Å²) in [6.07, 6.45) is -5.90. The van der Waals surface area contributed by atoms with Crippen molar-refractivity contribution in [3.05, 3.63) is 11.8 Å². The molecule has 3 rings (SSSR count). The van der Waals surface area contributed by atoms with Crippen LogP contribution in [-0.2, 0) is 52.3 Å². The number of hydrogen-bond acceptors (Lipinski definition) is 14. The number of fused-ring (bicyclic) bond motifs is 1. The number of hydrogen-bond donors (Lipinski definition) is 3. The fourth-order valence-corrected chi connectivity index (χ4v) is 5.46. The van der Waals surface area contributed by atoms with Crippen LogP contribution < -0.4 is 0 Å². The van der Waals surface area contributed by atoms with E-state index >= 15 is 0 Å². The Morgan fingerprint density at radius 3 is 2.27 bits per heavy atom. The maximum atomic E-state index is 12.5. The van der Waals surface area contributed by atoms with Gasteiger partial charge in [-0.05, 0) is 30.3 Å². The Balaban J connectivity index is 1.83. The Kier molecular flexibility index (Phi) is 11.1. The lowest BCUT2D eigenvalue weighted by molar-refractivity contribution is -0.304. The van der Waals surface area contributed by atoms with E-state index in [4.69, 9.17) is 33.2 Å². The van der Waals surface area contributed by atoms with Gasteiger partial charge in [0, 0.05) is 27.2 Å². The van der Waals surface area contributed by atoms with Crippen molar-refractivity contribution >= 4 is 23.9 Å². The van der Waals surface area contributed by atoms with Gasteiger partial charge in [0.05, 0.1) is 25.4 Å². The molecule has 14 nitrogen and oxygen atoms in total. The quantitative estimate of drug-likeness (QED) is 0.217. The zero-order valence-corrected chi connectivity index (χ0v) is 23.8. The molecule has 9 unspecified atom stereocenters. The molecule has 1 aliphatic carbocycles. The molecule has 2 fully saturated rings. The fraction of sp³-hybridized carbons (Fsp3) is 0.778. The van der Waals surface area contributed by atoms with Gasteiger partial charge < -0.3 is 48.5 Å². The molecule has 9 atom stereocenters. The molecule has 0 aromatic rings. The number of ether oxygens (including phenoxy) is 7. The highest BCUT2D eigenvalue weighted by molar-refractivity contribution is 5.70. The Bertz CT molecular complexity index is 994. The van der Waals surface area contributed by atoms with Crippen LogP contribution in [0, 0.1) is 17.8 Å². The zero-order chi connectivity index (χ0) is 30.5. The van der Waals surface area contributed by atoms with Crippen molar-refractivity contribution in [3.63, 3.8) is 0 Å². The molecular weight excluding hydrogens is 548 g/mol. The second-order valence-corrected chi connectivity index (χ2v) is 11.0. The summed E-state index contributed by atoms with van der Waals surface area (Å²) >= 11 is 0.